The van der Waals surface area contributed by atoms with Gasteiger partial charge in [-0.1, -0.05) is 12.1 Å². The number of hydrogen-bond donors (Lipinski definition) is 2. The number of hydrogen-bond acceptors (Lipinski definition) is 6. The minimum atomic E-state index is -0.291. The minimum absolute atomic E-state index is 0.0594. The highest BCUT2D eigenvalue weighted by molar-refractivity contribution is 5.78. The summed E-state index contributed by atoms with van der Waals surface area (Å²) >= 11 is 0. The average molecular weight is 387 g/mol. The molecule has 0 fully saturated rings. The maximum Gasteiger partial charge on any atom is 0.258 e. The summed E-state index contributed by atoms with van der Waals surface area (Å²) in [6.45, 7) is 7.59. The van der Waals surface area contributed by atoms with E-state index >= 15 is 0 Å². The number of amides is 1. The second-order valence-electron chi connectivity index (χ2n) is 7.27. The van der Waals surface area contributed by atoms with E-state index in [2.05, 4.69) is 15.6 Å². The highest BCUT2D eigenvalue weighted by atomic mass is 16.5. The van der Waals surface area contributed by atoms with Gasteiger partial charge in [-0.05, 0) is 44.5 Å². The van der Waals surface area contributed by atoms with Gasteiger partial charge in [0.15, 0.2) is 18.1 Å². The molecule has 1 heterocycles. The molecule has 0 spiro atoms. The fourth-order valence-corrected chi connectivity index (χ4v) is 2.43. The third kappa shape index (κ3) is 7.84. The summed E-state index contributed by atoms with van der Waals surface area (Å²) in [5.41, 5.74) is 0.751. The molecule has 0 bridgehead atoms. The van der Waals surface area contributed by atoms with E-state index in [-0.39, 0.29) is 18.1 Å². The fraction of sp³-hybridized carbons (Fsp3) is 0.429. The number of ether oxygens (including phenoxy) is 3. The molecule has 152 valence electrons. The molecule has 0 aliphatic carbocycles. The second-order valence-corrected chi connectivity index (χ2v) is 7.27. The Bertz CT molecular complexity index is 745. The number of nitrogens with one attached hydrogen (secondary N) is 2. The van der Waals surface area contributed by atoms with E-state index in [9.17, 15) is 4.79 Å². The number of methoxy groups -OCH3 is 1. The molecule has 0 aliphatic rings. The SMILES string of the molecule is COc1cc(CNCCOc2ccccn2)ccc1OCC(=O)NC(C)(C)C. The molecule has 7 nitrogen and oxygen atoms in total. The molecule has 0 saturated carbocycles. The van der Waals surface area contributed by atoms with Crippen molar-refractivity contribution in [2.75, 3.05) is 26.9 Å². The molecule has 0 aliphatic heterocycles. The van der Waals surface area contributed by atoms with Gasteiger partial charge in [-0.2, -0.15) is 0 Å². The van der Waals surface area contributed by atoms with E-state index in [4.69, 9.17) is 14.2 Å². The lowest BCUT2D eigenvalue weighted by Gasteiger charge is -2.20. The molecule has 1 amide bonds. The quantitative estimate of drug-likeness (QED) is 0.610. The number of pyridine rings is 1. The van der Waals surface area contributed by atoms with Gasteiger partial charge in [0, 0.05) is 30.9 Å². The van der Waals surface area contributed by atoms with Crippen LogP contribution in [0.2, 0.25) is 0 Å². The lowest BCUT2D eigenvalue weighted by atomic mass is 10.1. The van der Waals surface area contributed by atoms with Crippen molar-refractivity contribution in [3.05, 3.63) is 48.2 Å². The Labute approximate surface area is 166 Å². The van der Waals surface area contributed by atoms with Crippen LogP contribution in [0.15, 0.2) is 42.6 Å². The van der Waals surface area contributed by atoms with Gasteiger partial charge in [-0.3, -0.25) is 4.79 Å². The van der Waals surface area contributed by atoms with Gasteiger partial charge in [-0.25, -0.2) is 4.98 Å². The molecule has 1 aromatic carbocycles. The summed E-state index contributed by atoms with van der Waals surface area (Å²) < 4.78 is 16.5. The van der Waals surface area contributed by atoms with Crippen molar-refractivity contribution in [2.24, 2.45) is 0 Å². The Morgan fingerprint density at radius 3 is 2.61 bits per heavy atom. The van der Waals surface area contributed by atoms with E-state index < -0.39 is 0 Å². The molecule has 2 aromatic rings. The van der Waals surface area contributed by atoms with Crippen LogP contribution in [0, 0.1) is 0 Å². The van der Waals surface area contributed by atoms with Crippen molar-refractivity contribution in [3.8, 4) is 17.4 Å². The Morgan fingerprint density at radius 2 is 1.93 bits per heavy atom. The number of nitrogens with zero attached hydrogens (tertiary/aromatic N) is 1. The minimum Gasteiger partial charge on any atom is -0.493 e. The van der Waals surface area contributed by atoms with E-state index in [0.29, 0.717) is 37.1 Å². The first-order valence-electron chi connectivity index (χ1n) is 9.22. The third-order valence-corrected chi connectivity index (χ3v) is 3.60. The van der Waals surface area contributed by atoms with E-state index in [1.807, 2.05) is 57.2 Å². The van der Waals surface area contributed by atoms with Gasteiger partial charge in [0.2, 0.25) is 5.88 Å². The summed E-state index contributed by atoms with van der Waals surface area (Å²) in [7, 11) is 1.58. The predicted octanol–water partition coefficient (Wildman–Crippen LogP) is 2.55. The lowest BCUT2D eigenvalue weighted by Crippen LogP contribution is -2.43. The number of carbonyl (C=O) groups excluding carboxylic acids is 1. The molecule has 0 saturated heterocycles. The standard InChI is InChI=1S/C21H29N3O4/c1-21(2,3)24-19(25)15-28-17-9-8-16(13-18(17)26-4)14-22-11-12-27-20-7-5-6-10-23-20/h5-10,13,22H,11-12,14-15H2,1-4H3,(H,24,25). The Kier molecular flexibility index (Phi) is 8.07. The molecule has 7 heteroatoms. The Balaban J connectivity index is 1.77. The van der Waals surface area contributed by atoms with E-state index in [1.165, 1.54) is 0 Å². The Hall–Kier alpha value is -2.80. The third-order valence-electron chi connectivity index (χ3n) is 3.60. The molecule has 0 unspecified atom stereocenters. The van der Waals surface area contributed by atoms with Crippen molar-refractivity contribution in [1.29, 1.82) is 0 Å². The first-order chi connectivity index (χ1) is 13.4. The van der Waals surface area contributed by atoms with Crippen LogP contribution in [0.5, 0.6) is 17.4 Å². The Morgan fingerprint density at radius 1 is 1.11 bits per heavy atom. The zero-order chi connectivity index (χ0) is 20.4. The zero-order valence-electron chi connectivity index (χ0n) is 17.0. The van der Waals surface area contributed by atoms with Gasteiger partial charge >= 0.3 is 0 Å². The molecular weight excluding hydrogens is 358 g/mol. The van der Waals surface area contributed by atoms with Crippen molar-refractivity contribution in [1.82, 2.24) is 15.6 Å². The number of carbonyl (C=O) groups is 1. The first kappa shape index (κ1) is 21.5. The van der Waals surface area contributed by atoms with Gasteiger partial charge in [0.05, 0.1) is 7.11 Å². The highest BCUT2D eigenvalue weighted by Crippen LogP contribution is 2.28. The van der Waals surface area contributed by atoms with Crippen LogP contribution in [0.3, 0.4) is 0 Å². The largest absolute Gasteiger partial charge is 0.493 e. The molecule has 2 rings (SSSR count). The summed E-state index contributed by atoms with van der Waals surface area (Å²) in [4.78, 5) is 16.0. The summed E-state index contributed by atoms with van der Waals surface area (Å²) in [6, 6.07) is 11.2. The van der Waals surface area contributed by atoms with Crippen LogP contribution in [-0.2, 0) is 11.3 Å². The average Bonchev–Trinajstić information content (AvgIpc) is 2.66. The lowest BCUT2D eigenvalue weighted by molar-refractivity contribution is -0.124. The monoisotopic (exact) mass is 387 g/mol. The van der Waals surface area contributed by atoms with Crippen LogP contribution in [0.4, 0.5) is 0 Å². The van der Waals surface area contributed by atoms with Gasteiger partial charge in [0.25, 0.3) is 5.91 Å². The number of benzene rings is 1. The summed E-state index contributed by atoms with van der Waals surface area (Å²) in [5.74, 6) is 1.57. The van der Waals surface area contributed by atoms with Crippen LogP contribution in [-0.4, -0.2) is 43.3 Å². The van der Waals surface area contributed by atoms with Crippen LogP contribution in [0.25, 0.3) is 0 Å². The fourth-order valence-electron chi connectivity index (χ4n) is 2.43. The number of aromatic nitrogens is 1. The topological polar surface area (TPSA) is 81.7 Å². The molecule has 2 N–H and O–H groups in total. The van der Waals surface area contributed by atoms with E-state index in [0.717, 1.165) is 5.56 Å². The molecule has 0 radical (unpaired) electrons. The summed E-state index contributed by atoms with van der Waals surface area (Å²) in [6.07, 6.45) is 1.70. The van der Waals surface area contributed by atoms with Gasteiger partial charge < -0.3 is 24.8 Å². The summed E-state index contributed by atoms with van der Waals surface area (Å²) in [5, 5.41) is 6.16. The molecular formula is C21H29N3O4. The van der Waals surface area contributed by atoms with Crippen molar-refractivity contribution >= 4 is 5.91 Å². The van der Waals surface area contributed by atoms with Gasteiger partial charge in [0.1, 0.15) is 6.61 Å². The number of rotatable bonds is 10. The van der Waals surface area contributed by atoms with Gasteiger partial charge in [-0.15, -0.1) is 0 Å². The predicted molar refractivity (Wildman–Crippen MR) is 108 cm³/mol. The first-order valence-corrected chi connectivity index (χ1v) is 9.22. The van der Waals surface area contributed by atoms with Crippen LogP contribution < -0.4 is 24.8 Å². The highest BCUT2D eigenvalue weighted by Gasteiger charge is 2.15. The molecule has 0 atom stereocenters. The molecule has 28 heavy (non-hydrogen) atoms. The van der Waals surface area contributed by atoms with Crippen molar-refractivity contribution in [2.45, 2.75) is 32.9 Å². The normalized spacial score (nSPS) is 11.0. The zero-order valence-corrected chi connectivity index (χ0v) is 17.0. The maximum absolute atomic E-state index is 11.9. The van der Waals surface area contributed by atoms with Crippen molar-refractivity contribution < 1.29 is 19.0 Å². The van der Waals surface area contributed by atoms with Crippen molar-refractivity contribution in [3.63, 3.8) is 0 Å². The van der Waals surface area contributed by atoms with Crippen LogP contribution >= 0.6 is 0 Å². The maximum atomic E-state index is 11.9. The van der Waals surface area contributed by atoms with E-state index in [1.54, 1.807) is 13.3 Å². The molecule has 1 aromatic heterocycles. The smallest absolute Gasteiger partial charge is 0.258 e. The van der Waals surface area contributed by atoms with Crippen LogP contribution in [0.1, 0.15) is 26.3 Å². The second kappa shape index (κ2) is 10.5.